The molecule has 19 heavy (non-hydrogen) atoms. The van der Waals surface area contributed by atoms with E-state index >= 15 is 0 Å². The molecule has 1 aromatic heterocycles. The monoisotopic (exact) mass is 262 g/mol. The summed E-state index contributed by atoms with van der Waals surface area (Å²) < 4.78 is 0. The van der Waals surface area contributed by atoms with Gasteiger partial charge in [0.15, 0.2) is 0 Å². The average Bonchev–Trinajstić information content (AvgIpc) is 2.88. The van der Waals surface area contributed by atoms with Crippen LogP contribution in [0.15, 0.2) is 6.33 Å². The van der Waals surface area contributed by atoms with Crippen molar-refractivity contribution in [1.29, 1.82) is 0 Å². The fourth-order valence-electron chi connectivity index (χ4n) is 3.04. The third-order valence-corrected chi connectivity index (χ3v) is 3.94. The molecule has 2 rings (SSSR count). The maximum Gasteiger partial charge on any atom is 0.137 e. The predicted octanol–water partition coefficient (Wildman–Crippen LogP) is 3.10. The van der Waals surface area contributed by atoms with Gasteiger partial charge in [0.25, 0.3) is 0 Å². The van der Waals surface area contributed by atoms with E-state index in [1.54, 1.807) is 6.33 Å². The number of nitrogens with one attached hydrogen (secondary N) is 1. The van der Waals surface area contributed by atoms with Gasteiger partial charge in [-0.2, -0.15) is 0 Å². The van der Waals surface area contributed by atoms with Crippen LogP contribution in [-0.2, 0) is 6.42 Å². The Kier molecular flexibility index (Phi) is 5.00. The molecular formula is C15H26N4. The van der Waals surface area contributed by atoms with E-state index in [1.807, 2.05) is 7.05 Å². The molecule has 2 heterocycles. The van der Waals surface area contributed by atoms with E-state index in [-0.39, 0.29) is 0 Å². The normalized spacial score (nSPS) is 18.9. The zero-order valence-electron chi connectivity index (χ0n) is 12.4. The summed E-state index contributed by atoms with van der Waals surface area (Å²) >= 11 is 0. The summed E-state index contributed by atoms with van der Waals surface area (Å²) in [5.41, 5.74) is 1.28. The number of aromatic nitrogens is 2. The molecule has 106 valence electrons. The van der Waals surface area contributed by atoms with Gasteiger partial charge in [0, 0.05) is 25.7 Å². The van der Waals surface area contributed by atoms with Gasteiger partial charge >= 0.3 is 0 Å². The molecule has 4 heteroatoms. The Balaban J connectivity index is 2.19. The summed E-state index contributed by atoms with van der Waals surface area (Å²) in [6.45, 7) is 6.78. The fraction of sp³-hybridized carbons (Fsp3) is 0.733. The van der Waals surface area contributed by atoms with Gasteiger partial charge in [-0.05, 0) is 25.2 Å². The summed E-state index contributed by atoms with van der Waals surface area (Å²) in [4.78, 5) is 11.4. The maximum absolute atomic E-state index is 4.56. The molecule has 4 nitrogen and oxygen atoms in total. The van der Waals surface area contributed by atoms with Crippen molar-refractivity contribution in [3.8, 4) is 0 Å². The van der Waals surface area contributed by atoms with Gasteiger partial charge in [0.1, 0.15) is 18.0 Å². The van der Waals surface area contributed by atoms with Crippen molar-refractivity contribution in [3.63, 3.8) is 0 Å². The van der Waals surface area contributed by atoms with Crippen molar-refractivity contribution in [3.05, 3.63) is 11.9 Å². The number of hydrogen-bond acceptors (Lipinski definition) is 4. The highest BCUT2D eigenvalue weighted by Gasteiger charge is 2.25. The fourth-order valence-corrected chi connectivity index (χ4v) is 3.04. The molecule has 0 amide bonds. The van der Waals surface area contributed by atoms with Crippen molar-refractivity contribution in [1.82, 2.24) is 9.97 Å². The van der Waals surface area contributed by atoms with Gasteiger partial charge < -0.3 is 10.2 Å². The third-order valence-electron chi connectivity index (χ3n) is 3.94. The van der Waals surface area contributed by atoms with E-state index in [0.717, 1.165) is 43.5 Å². The second-order valence-corrected chi connectivity index (χ2v) is 5.41. The molecule has 1 aromatic rings. The van der Waals surface area contributed by atoms with Crippen LogP contribution < -0.4 is 10.2 Å². The second kappa shape index (κ2) is 6.73. The highest BCUT2D eigenvalue weighted by Crippen LogP contribution is 2.30. The molecule has 1 fully saturated rings. The number of hydrogen-bond donors (Lipinski definition) is 1. The molecule has 1 aliphatic heterocycles. The minimum atomic E-state index is 0.840. The highest BCUT2D eigenvalue weighted by atomic mass is 15.2. The highest BCUT2D eigenvalue weighted by molar-refractivity contribution is 5.59. The first kappa shape index (κ1) is 14.1. The third kappa shape index (κ3) is 3.17. The van der Waals surface area contributed by atoms with E-state index in [4.69, 9.17) is 0 Å². The summed E-state index contributed by atoms with van der Waals surface area (Å²) in [5.74, 6) is 2.98. The van der Waals surface area contributed by atoms with Gasteiger partial charge in [-0.1, -0.05) is 26.7 Å². The Morgan fingerprint density at radius 3 is 2.84 bits per heavy atom. The minimum Gasteiger partial charge on any atom is -0.373 e. The van der Waals surface area contributed by atoms with Crippen LogP contribution in [0.5, 0.6) is 0 Å². The molecule has 1 N–H and O–H groups in total. The molecule has 1 unspecified atom stereocenters. The number of anilines is 2. The second-order valence-electron chi connectivity index (χ2n) is 5.41. The number of rotatable bonds is 6. The van der Waals surface area contributed by atoms with Gasteiger partial charge in [0.05, 0.1) is 0 Å². The Bertz CT molecular complexity index is 405. The SMILES string of the molecule is CCCc1c(NC)ncnc1N1CCC(CCC)C1. The predicted molar refractivity (Wildman–Crippen MR) is 80.8 cm³/mol. The first-order valence-electron chi connectivity index (χ1n) is 7.56. The topological polar surface area (TPSA) is 41.1 Å². The van der Waals surface area contributed by atoms with Crippen LogP contribution in [0.4, 0.5) is 11.6 Å². The zero-order valence-corrected chi connectivity index (χ0v) is 12.4. The van der Waals surface area contributed by atoms with Crippen molar-refractivity contribution in [2.45, 2.75) is 46.0 Å². The van der Waals surface area contributed by atoms with Crippen molar-refractivity contribution < 1.29 is 0 Å². The first-order valence-corrected chi connectivity index (χ1v) is 7.56. The van der Waals surface area contributed by atoms with Crippen LogP contribution in [0.1, 0.15) is 45.1 Å². The van der Waals surface area contributed by atoms with Gasteiger partial charge in [0.2, 0.25) is 0 Å². The average molecular weight is 262 g/mol. The van der Waals surface area contributed by atoms with Crippen LogP contribution in [0, 0.1) is 5.92 Å². The van der Waals surface area contributed by atoms with Crippen LogP contribution in [0.2, 0.25) is 0 Å². The zero-order chi connectivity index (χ0) is 13.7. The number of nitrogens with zero attached hydrogens (tertiary/aromatic N) is 3. The van der Waals surface area contributed by atoms with Crippen LogP contribution >= 0.6 is 0 Å². The largest absolute Gasteiger partial charge is 0.373 e. The van der Waals surface area contributed by atoms with E-state index in [1.165, 1.54) is 24.8 Å². The van der Waals surface area contributed by atoms with E-state index in [2.05, 4.69) is 34.0 Å². The molecule has 0 bridgehead atoms. The lowest BCUT2D eigenvalue weighted by molar-refractivity contribution is 0.529. The Labute approximate surface area is 116 Å². The quantitative estimate of drug-likeness (QED) is 0.855. The van der Waals surface area contributed by atoms with Crippen LogP contribution in [-0.4, -0.2) is 30.1 Å². The standard InChI is InChI=1S/C15H26N4/c1-4-6-12-8-9-19(10-12)15-13(7-5-2)14(16-3)17-11-18-15/h11-12H,4-10H2,1-3H3,(H,16,17,18). The molecule has 0 spiro atoms. The lowest BCUT2D eigenvalue weighted by atomic mass is 10.0. The molecule has 0 saturated carbocycles. The van der Waals surface area contributed by atoms with Crippen molar-refractivity contribution in [2.75, 3.05) is 30.4 Å². The molecule has 0 aromatic carbocycles. The smallest absolute Gasteiger partial charge is 0.137 e. The molecule has 1 aliphatic rings. The lowest BCUT2D eigenvalue weighted by Gasteiger charge is -2.22. The molecular weight excluding hydrogens is 236 g/mol. The van der Waals surface area contributed by atoms with E-state index in [9.17, 15) is 0 Å². The summed E-state index contributed by atoms with van der Waals surface area (Å²) in [6, 6.07) is 0. The van der Waals surface area contributed by atoms with Crippen molar-refractivity contribution >= 4 is 11.6 Å². The van der Waals surface area contributed by atoms with E-state index in [0.29, 0.717) is 0 Å². The van der Waals surface area contributed by atoms with Gasteiger partial charge in [-0.15, -0.1) is 0 Å². The molecule has 0 radical (unpaired) electrons. The Hall–Kier alpha value is -1.32. The van der Waals surface area contributed by atoms with E-state index < -0.39 is 0 Å². The summed E-state index contributed by atoms with van der Waals surface area (Å²) in [7, 11) is 1.94. The molecule has 1 atom stereocenters. The van der Waals surface area contributed by atoms with Gasteiger partial charge in [-0.3, -0.25) is 0 Å². The summed E-state index contributed by atoms with van der Waals surface area (Å²) in [5, 5.41) is 3.20. The van der Waals surface area contributed by atoms with Crippen LogP contribution in [0.3, 0.4) is 0 Å². The first-order chi connectivity index (χ1) is 9.30. The van der Waals surface area contributed by atoms with Gasteiger partial charge in [-0.25, -0.2) is 9.97 Å². The lowest BCUT2D eigenvalue weighted by Crippen LogP contribution is -2.23. The minimum absolute atomic E-state index is 0.840. The Morgan fingerprint density at radius 2 is 2.16 bits per heavy atom. The molecule has 0 aliphatic carbocycles. The Morgan fingerprint density at radius 1 is 1.32 bits per heavy atom. The maximum atomic E-state index is 4.56. The molecule has 1 saturated heterocycles. The summed E-state index contributed by atoms with van der Waals surface area (Å²) in [6.07, 6.45) is 7.78. The van der Waals surface area contributed by atoms with Crippen LogP contribution in [0.25, 0.3) is 0 Å². The van der Waals surface area contributed by atoms with Crippen molar-refractivity contribution in [2.24, 2.45) is 5.92 Å².